The number of aromatic nitrogens is 2. The first kappa shape index (κ1) is 43.5. The maximum absolute atomic E-state index is 12.8. The number of rotatable bonds is 4. The van der Waals surface area contributed by atoms with Crippen molar-refractivity contribution in [3.63, 3.8) is 0 Å². The van der Waals surface area contributed by atoms with E-state index >= 15 is 0 Å². The molecule has 0 amide bonds. The Kier molecular flexibility index (Phi) is 15.9. The number of nitriles is 2. The van der Waals surface area contributed by atoms with Crippen molar-refractivity contribution in [3.8, 4) is 46.5 Å². The van der Waals surface area contributed by atoms with Gasteiger partial charge < -0.3 is 25.5 Å². The van der Waals surface area contributed by atoms with Gasteiger partial charge in [-0.15, -0.1) is 6.58 Å². The highest BCUT2D eigenvalue weighted by atomic mass is 79.9. The number of pyridine rings is 2. The zero-order valence-electron chi connectivity index (χ0n) is 25.4. The van der Waals surface area contributed by atoms with Crippen LogP contribution in [0.4, 0.5) is 0 Å². The Balaban J connectivity index is 0.000000448. The van der Waals surface area contributed by atoms with Gasteiger partial charge in [-0.2, -0.15) is 10.5 Å². The lowest BCUT2D eigenvalue weighted by atomic mass is 10.0. The van der Waals surface area contributed by atoms with Crippen LogP contribution >= 0.6 is 15.9 Å². The van der Waals surface area contributed by atoms with Crippen LogP contribution in [0.15, 0.2) is 118 Å². The Morgan fingerprint density at radius 3 is 1.42 bits per heavy atom. The van der Waals surface area contributed by atoms with Gasteiger partial charge in [-0.05, 0) is 94.3 Å². The van der Waals surface area contributed by atoms with Gasteiger partial charge in [0.25, 0.3) is 11.1 Å². The summed E-state index contributed by atoms with van der Waals surface area (Å²) in [6.45, 7) is 6.90. The van der Waals surface area contributed by atoms with Crippen LogP contribution in [0, 0.1) is 22.7 Å². The van der Waals surface area contributed by atoms with Crippen molar-refractivity contribution in [3.05, 3.63) is 146 Å². The fraction of sp³-hybridized carbons (Fsp3) is 0.0769. The number of fused-ring (bicyclic) bond motifs is 2. The van der Waals surface area contributed by atoms with Crippen LogP contribution < -0.4 is 11.1 Å². The van der Waals surface area contributed by atoms with E-state index in [1.165, 1.54) is 63.6 Å². The highest BCUT2D eigenvalue weighted by Gasteiger charge is 2.15. The first-order valence-electron chi connectivity index (χ1n) is 14.1. The lowest BCUT2D eigenvalue weighted by molar-refractivity contribution is 0.474. The van der Waals surface area contributed by atoms with Crippen LogP contribution in [0.2, 0.25) is 0 Å². The second-order valence-corrected chi connectivity index (χ2v) is 10.9. The monoisotopic (exact) mass is 763 g/mol. The molecule has 6 aromatic rings. The zero-order valence-corrected chi connectivity index (χ0v) is 27.0. The molecule has 0 saturated heterocycles. The van der Waals surface area contributed by atoms with Gasteiger partial charge in [0.2, 0.25) is 0 Å². The van der Waals surface area contributed by atoms with E-state index in [0.29, 0.717) is 32.2 Å². The van der Waals surface area contributed by atoms with Crippen LogP contribution in [-0.2, 0) is 0 Å². The van der Waals surface area contributed by atoms with E-state index in [4.69, 9.17) is 5.02 Å². The van der Waals surface area contributed by atoms with Gasteiger partial charge in [0.15, 0.2) is 0 Å². The molecule has 2 heterocycles. The van der Waals surface area contributed by atoms with Gasteiger partial charge >= 0.3 is 7.48 Å². The molecule has 0 bridgehead atoms. The second-order valence-electron chi connectivity index (χ2n) is 10.1. The van der Waals surface area contributed by atoms with Gasteiger partial charge in [-0.1, -0.05) is 40.9 Å². The maximum atomic E-state index is 12.8. The number of hydrogen-bond donors (Lipinski definition) is 5. The summed E-state index contributed by atoms with van der Waals surface area (Å²) in [5.41, 5.74) is 1.17. The van der Waals surface area contributed by atoms with Gasteiger partial charge in [0.05, 0.1) is 21.9 Å². The summed E-state index contributed by atoms with van der Waals surface area (Å²) in [7, 11) is 0.889. The van der Waals surface area contributed by atoms with E-state index in [-0.39, 0.29) is 78.3 Å². The molecular formula is C39H37BBrN4O7. The predicted octanol–water partition coefficient (Wildman–Crippen LogP) is 7.60. The summed E-state index contributed by atoms with van der Waals surface area (Å²) in [5.74, 6) is 1.33. The largest absolute Gasteiger partial charge is 0.508 e. The van der Waals surface area contributed by atoms with E-state index < -0.39 is 0 Å². The third kappa shape index (κ3) is 9.17. The summed E-state index contributed by atoms with van der Waals surface area (Å²) in [6, 6.07) is 21.6. The Morgan fingerprint density at radius 2 is 1.04 bits per heavy atom. The fourth-order valence-electron chi connectivity index (χ4n) is 4.83. The van der Waals surface area contributed by atoms with Crippen molar-refractivity contribution in [2.24, 2.45) is 0 Å². The highest BCUT2D eigenvalue weighted by molar-refractivity contribution is 9.10. The minimum atomic E-state index is -0.382. The molecule has 0 aliphatic heterocycles. The average molecular weight is 764 g/mol. The minimum Gasteiger partial charge on any atom is -0.508 e. The van der Waals surface area contributed by atoms with Crippen molar-refractivity contribution in [2.75, 3.05) is 0 Å². The average Bonchev–Trinajstić information content (AvgIpc) is 3.10. The summed E-state index contributed by atoms with van der Waals surface area (Å²) in [5, 5.41) is 65.6. The number of aromatic hydroxyl groups is 4. The Labute approximate surface area is 310 Å². The zero-order chi connectivity index (χ0) is 35.8. The molecule has 0 spiro atoms. The summed E-state index contributed by atoms with van der Waals surface area (Å²) >= 11 is 3.36. The summed E-state index contributed by atoms with van der Waals surface area (Å²) < 4.78 is 3.34. The molecule has 265 valence electrons. The number of phenols is 4. The normalized spacial score (nSPS) is 9.46. The van der Waals surface area contributed by atoms with Crippen molar-refractivity contribution in [2.45, 2.75) is 22.3 Å². The van der Waals surface area contributed by atoms with E-state index in [1.54, 1.807) is 42.7 Å². The second kappa shape index (κ2) is 19.0. The SMILES string of the molecule is C.C.C.C=C[B]O.C=Cc1cn(-c2ccc(O)cc2)c(=O)c2c(C#N)cc(O)cc12.N#Cc1cc(O)cc2c(Br)cn(-c3ccc(O)cc3)c(=O)c12. The molecular weight excluding hydrogens is 727 g/mol. The van der Waals surface area contributed by atoms with Gasteiger partial charge in [-0.3, -0.25) is 18.7 Å². The van der Waals surface area contributed by atoms with Gasteiger partial charge in [-0.25, -0.2) is 0 Å². The Morgan fingerprint density at radius 1 is 0.654 bits per heavy atom. The fourth-order valence-corrected chi connectivity index (χ4v) is 5.35. The lowest BCUT2D eigenvalue weighted by Crippen LogP contribution is -2.19. The molecule has 0 atom stereocenters. The number of hydrogen-bond acceptors (Lipinski definition) is 9. The maximum Gasteiger partial charge on any atom is 0.317 e. The topological polar surface area (TPSA) is 193 Å². The number of nitrogens with zero attached hydrogens (tertiary/aromatic N) is 4. The van der Waals surface area contributed by atoms with Crippen LogP contribution in [0.5, 0.6) is 23.0 Å². The third-order valence-corrected chi connectivity index (χ3v) is 7.64. The molecule has 0 fully saturated rings. The molecule has 13 heteroatoms. The summed E-state index contributed by atoms with van der Waals surface area (Å²) in [6.07, 6.45) is 4.71. The molecule has 11 nitrogen and oxygen atoms in total. The predicted molar refractivity (Wildman–Crippen MR) is 211 cm³/mol. The Bertz CT molecular complexity index is 2430. The van der Waals surface area contributed by atoms with Crippen molar-refractivity contribution in [1.29, 1.82) is 10.5 Å². The standard InChI is InChI=1S/C18H12N2O3.C16H9BrN2O3.C2H4BO.3CH4/c1-2-11-10-20(13-3-5-14(21)6-4-13)18(23)17-12(9-19)7-15(22)8-16(11)17;17-14-8-19(10-1-3-11(20)4-2-10)16(22)15-9(7-18)5-12(21)6-13(14)15;1-2-3-4;;;/h2-8,10,21-22H,1H2;1-6,8,20-21H;2,4H,1H2;3*1H4. The van der Waals surface area contributed by atoms with Crippen LogP contribution in [-0.4, -0.2) is 42.1 Å². The molecule has 0 unspecified atom stereocenters. The smallest absolute Gasteiger partial charge is 0.317 e. The van der Waals surface area contributed by atoms with Crippen LogP contribution in [0.25, 0.3) is 39.0 Å². The van der Waals surface area contributed by atoms with Crippen LogP contribution in [0.3, 0.4) is 0 Å². The molecule has 1 radical (unpaired) electrons. The quantitative estimate of drug-likeness (QED) is 0.112. The van der Waals surface area contributed by atoms with E-state index in [0.717, 1.165) is 7.48 Å². The summed E-state index contributed by atoms with van der Waals surface area (Å²) in [4.78, 5) is 25.5. The molecule has 6 rings (SSSR count). The first-order chi connectivity index (χ1) is 23.5. The lowest BCUT2D eigenvalue weighted by Gasteiger charge is -2.12. The number of benzene rings is 4. The Hall–Kier alpha value is -6.54. The van der Waals surface area contributed by atoms with Crippen molar-refractivity contribution in [1.82, 2.24) is 9.13 Å². The van der Waals surface area contributed by atoms with Gasteiger partial charge in [0.1, 0.15) is 35.1 Å². The molecule has 0 saturated carbocycles. The minimum absolute atomic E-state index is 0. The molecule has 0 aliphatic carbocycles. The molecule has 2 aromatic heterocycles. The van der Waals surface area contributed by atoms with E-state index in [2.05, 4.69) is 29.1 Å². The van der Waals surface area contributed by atoms with Crippen molar-refractivity contribution < 1.29 is 25.5 Å². The van der Waals surface area contributed by atoms with Crippen LogP contribution in [0.1, 0.15) is 39.0 Å². The van der Waals surface area contributed by atoms with Gasteiger partial charge in [0, 0.05) is 39.0 Å². The van der Waals surface area contributed by atoms with Crippen molar-refractivity contribution >= 4 is 51.0 Å². The molecule has 0 aliphatic rings. The molecule has 5 N–H and O–H groups in total. The first-order valence-corrected chi connectivity index (χ1v) is 14.9. The number of halogens is 1. The highest BCUT2D eigenvalue weighted by Crippen LogP contribution is 2.29. The van der Waals surface area contributed by atoms with E-state index in [1.807, 2.05) is 12.1 Å². The number of phenolic OH excluding ortho intramolecular Hbond substituents is 4. The third-order valence-electron chi connectivity index (χ3n) is 7.01. The van der Waals surface area contributed by atoms with E-state index in [9.17, 15) is 40.5 Å². The molecule has 4 aromatic carbocycles. The molecule has 52 heavy (non-hydrogen) atoms.